The van der Waals surface area contributed by atoms with Crippen molar-refractivity contribution in [1.29, 1.82) is 0 Å². The van der Waals surface area contributed by atoms with Crippen LogP contribution < -0.4 is 15.5 Å². The predicted molar refractivity (Wildman–Crippen MR) is 130 cm³/mol. The smallest absolute Gasteiger partial charge is 0.191 e. The minimum absolute atomic E-state index is 0. The molecule has 0 aliphatic carbocycles. The summed E-state index contributed by atoms with van der Waals surface area (Å²) in [6, 6.07) is 13.9. The summed E-state index contributed by atoms with van der Waals surface area (Å²) in [6.07, 6.45) is 4.58. The molecule has 1 atom stereocenters. The number of aliphatic hydroxyl groups is 1. The summed E-state index contributed by atoms with van der Waals surface area (Å²) in [6.45, 7) is 6.27. The van der Waals surface area contributed by atoms with Crippen LogP contribution >= 0.6 is 24.0 Å². The van der Waals surface area contributed by atoms with Crippen LogP contribution in [-0.4, -0.2) is 42.2 Å². The number of nitrogens with zero attached hydrogens (tertiary/aromatic N) is 3. The van der Waals surface area contributed by atoms with Crippen molar-refractivity contribution >= 4 is 35.8 Å². The van der Waals surface area contributed by atoms with Crippen molar-refractivity contribution < 1.29 is 5.11 Å². The average Bonchev–Trinajstić information content (AvgIpc) is 3.28. The van der Waals surface area contributed by atoms with Crippen LogP contribution in [0, 0.1) is 0 Å². The van der Waals surface area contributed by atoms with E-state index in [1.165, 1.54) is 12.8 Å². The van der Waals surface area contributed by atoms with Gasteiger partial charge in [-0.3, -0.25) is 0 Å². The molecule has 2 aromatic rings. The van der Waals surface area contributed by atoms with Crippen molar-refractivity contribution in [1.82, 2.24) is 15.6 Å². The van der Waals surface area contributed by atoms with E-state index >= 15 is 0 Å². The third-order valence-electron chi connectivity index (χ3n) is 4.90. The molecule has 3 rings (SSSR count). The molecule has 0 radical (unpaired) electrons. The maximum atomic E-state index is 10.3. The van der Waals surface area contributed by atoms with Gasteiger partial charge in [-0.05, 0) is 43.4 Å². The highest BCUT2D eigenvalue weighted by molar-refractivity contribution is 14.0. The molecule has 1 aliphatic heterocycles. The zero-order valence-electron chi connectivity index (χ0n) is 17.1. The van der Waals surface area contributed by atoms with E-state index in [-0.39, 0.29) is 24.0 Å². The van der Waals surface area contributed by atoms with Crippen LogP contribution in [0.2, 0.25) is 0 Å². The summed E-state index contributed by atoms with van der Waals surface area (Å²) in [5.41, 5.74) is 2.03. The van der Waals surface area contributed by atoms with Gasteiger partial charge in [0, 0.05) is 32.4 Å². The fraction of sp³-hybridized carbons (Fsp3) is 0.455. The van der Waals surface area contributed by atoms with Gasteiger partial charge in [-0.25, -0.2) is 9.98 Å². The second-order valence-electron chi connectivity index (χ2n) is 7.06. The van der Waals surface area contributed by atoms with Crippen LogP contribution in [0.3, 0.4) is 0 Å². The van der Waals surface area contributed by atoms with Crippen LogP contribution in [0.5, 0.6) is 0 Å². The topological polar surface area (TPSA) is 72.8 Å². The van der Waals surface area contributed by atoms with Gasteiger partial charge < -0.3 is 20.6 Å². The Hall–Kier alpha value is -1.87. The van der Waals surface area contributed by atoms with Gasteiger partial charge in [0.05, 0.1) is 12.6 Å². The molecule has 2 heterocycles. The van der Waals surface area contributed by atoms with Crippen molar-refractivity contribution in [2.75, 3.05) is 31.1 Å². The first-order valence-electron chi connectivity index (χ1n) is 10.2. The first-order chi connectivity index (χ1) is 13.8. The van der Waals surface area contributed by atoms with Gasteiger partial charge in [0.15, 0.2) is 5.96 Å². The summed E-state index contributed by atoms with van der Waals surface area (Å²) in [5, 5.41) is 16.8. The lowest BCUT2D eigenvalue weighted by Crippen LogP contribution is -2.38. The summed E-state index contributed by atoms with van der Waals surface area (Å²) in [5.74, 6) is 1.82. The van der Waals surface area contributed by atoms with E-state index in [1.807, 2.05) is 43.5 Å². The molecular weight excluding hydrogens is 477 g/mol. The standard InChI is InChI=1S/C22H31N5O.HI/c1-2-23-22(24-13-12-20(28)19-8-4-3-5-9-19)26-17-18-10-11-21(25-16-18)27-14-6-7-15-27;/h3-5,8-11,16,20,28H,2,6-7,12-15,17H2,1H3,(H2,23,24,26);1H. The Morgan fingerprint density at radius 3 is 2.55 bits per heavy atom. The van der Waals surface area contributed by atoms with E-state index < -0.39 is 6.10 Å². The third-order valence-corrected chi connectivity index (χ3v) is 4.90. The van der Waals surface area contributed by atoms with Gasteiger partial charge in [-0.2, -0.15) is 0 Å². The highest BCUT2D eigenvalue weighted by Crippen LogP contribution is 2.18. The number of halogens is 1. The van der Waals surface area contributed by atoms with Crippen molar-refractivity contribution in [3.05, 3.63) is 59.8 Å². The second kappa shape index (κ2) is 12.6. The lowest BCUT2D eigenvalue weighted by Gasteiger charge is -2.16. The molecule has 158 valence electrons. The Kier molecular flexibility index (Phi) is 10.2. The molecule has 3 N–H and O–H groups in total. The number of nitrogens with one attached hydrogen (secondary N) is 2. The summed E-state index contributed by atoms with van der Waals surface area (Å²) < 4.78 is 0. The monoisotopic (exact) mass is 509 g/mol. The zero-order chi connectivity index (χ0) is 19.6. The first kappa shape index (κ1) is 23.4. The first-order valence-corrected chi connectivity index (χ1v) is 10.2. The number of benzene rings is 1. The Morgan fingerprint density at radius 2 is 1.90 bits per heavy atom. The molecule has 1 saturated heterocycles. The molecular formula is C22H32IN5O. The van der Waals surface area contributed by atoms with Crippen molar-refractivity contribution in [2.45, 2.75) is 38.8 Å². The maximum Gasteiger partial charge on any atom is 0.191 e. The van der Waals surface area contributed by atoms with Gasteiger partial charge in [0.2, 0.25) is 0 Å². The maximum absolute atomic E-state index is 10.3. The van der Waals surface area contributed by atoms with Crippen LogP contribution in [0.4, 0.5) is 5.82 Å². The zero-order valence-corrected chi connectivity index (χ0v) is 19.4. The van der Waals surface area contributed by atoms with Crippen LogP contribution in [-0.2, 0) is 6.54 Å². The second-order valence-corrected chi connectivity index (χ2v) is 7.06. The van der Waals surface area contributed by atoms with Gasteiger partial charge in [-0.1, -0.05) is 36.4 Å². The molecule has 0 bridgehead atoms. The summed E-state index contributed by atoms with van der Waals surface area (Å²) in [7, 11) is 0. The van der Waals surface area contributed by atoms with E-state index in [9.17, 15) is 5.11 Å². The minimum atomic E-state index is -0.473. The summed E-state index contributed by atoms with van der Waals surface area (Å²) >= 11 is 0. The molecule has 1 aromatic carbocycles. The van der Waals surface area contributed by atoms with E-state index in [1.54, 1.807) is 0 Å². The molecule has 1 unspecified atom stereocenters. The molecule has 29 heavy (non-hydrogen) atoms. The van der Waals surface area contributed by atoms with E-state index in [0.717, 1.165) is 42.5 Å². The Morgan fingerprint density at radius 1 is 1.14 bits per heavy atom. The van der Waals surface area contributed by atoms with Gasteiger partial charge in [0.25, 0.3) is 0 Å². The Labute approximate surface area is 190 Å². The molecule has 1 aromatic heterocycles. The van der Waals surface area contributed by atoms with Crippen molar-refractivity contribution in [3.8, 4) is 0 Å². The van der Waals surface area contributed by atoms with Crippen LogP contribution in [0.1, 0.15) is 43.4 Å². The number of pyridine rings is 1. The molecule has 0 spiro atoms. The fourth-order valence-corrected chi connectivity index (χ4v) is 3.32. The van der Waals surface area contributed by atoms with Gasteiger partial charge in [0.1, 0.15) is 5.82 Å². The number of anilines is 1. The number of hydrogen-bond acceptors (Lipinski definition) is 4. The number of hydrogen-bond donors (Lipinski definition) is 3. The largest absolute Gasteiger partial charge is 0.388 e. The number of aliphatic imine (C=N–C) groups is 1. The number of guanidine groups is 1. The lowest BCUT2D eigenvalue weighted by atomic mass is 10.1. The third kappa shape index (κ3) is 7.47. The average molecular weight is 509 g/mol. The quantitative estimate of drug-likeness (QED) is 0.289. The number of aromatic nitrogens is 1. The van der Waals surface area contributed by atoms with Gasteiger partial charge >= 0.3 is 0 Å². The normalized spacial score (nSPS) is 15.0. The highest BCUT2D eigenvalue weighted by atomic mass is 127. The molecule has 6 nitrogen and oxygen atoms in total. The SMILES string of the molecule is CCNC(=NCc1ccc(N2CCCC2)nc1)NCCC(O)c1ccccc1.I. The lowest BCUT2D eigenvalue weighted by molar-refractivity contribution is 0.168. The van der Waals surface area contributed by atoms with E-state index in [4.69, 9.17) is 0 Å². The van der Waals surface area contributed by atoms with E-state index in [0.29, 0.717) is 19.5 Å². The number of aliphatic hydroxyl groups excluding tert-OH is 1. The predicted octanol–water partition coefficient (Wildman–Crippen LogP) is 3.48. The molecule has 1 fully saturated rings. The minimum Gasteiger partial charge on any atom is -0.388 e. The fourth-order valence-electron chi connectivity index (χ4n) is 3.32. The highest BCUT2D eigenvalue weighted by Gasteiger charge is 2.13. The van der Waals surface area contributed by atoms with Crippen molar-refractivity contribution in [2.24, 2.45) is 4.99 Å². The molecule has 0 amide bonds. The van der Waals surface area contributed by atoms with E-state index in [2.05, 4.69) is 37.6 Å². The van der Waals surface area contributed by atoms with Crippen molar-refractivity contribution in [3.63, 3.8) is 0 Å². The van der Waals surface area contributed by atoms with Gasteiger partial charge in [-0.15, -0.1) is 24.0 Å². The van der Waals surface area contributed by atoms with Crippen LogP contribution in [0.25, 0.3) is 0 Å². The summed E-state index contributed by atoms with van der Waals surface area (Å²) in [4.78, 5) is 11.6. The molecule has 1 aliphatic rings. The number of rotatable bonds is 8. The molecule has 0 saturated carbocycles. The Bertz CT molecular complexity index is 733. The van der Waals surface area contributed by atoms with Crippen LogP contribution in [0.15, 0.2) is 53.7 Å². The molecule has 7 heteroatoms. The Balaban J connectivity index is 0.00000300.